The fraction of sp³-hybridized carbons (Fsp3) is 0. The molecule has 0 aliphatic carbocycles. The van der Waals surface area contributed by atoms with Gasteiger partial charge in [-0.2, -0.15) is 0 Å². The van der Waals surface area contributed by atoms with Crippen LogP contribution in [-0.4, -0.2) is 11.3 Å². The molecule has 3 heterocycles. The van der Waals surface area contributed by atoms with Crippen LogP contribution in [0.2, 0.25) is 0 Å². The number of nitrogens with zero attached hydrogens (tertiary/aromatic N) is 2. The fourth-order valence-corrected chi connectivity index (χ4v) is 7.99. The minimum atomic E-state index is -1.06. The zero-order valence-electron chi connectivity index (χ0n) is 27.4. The van der Waals surface area contributed by atoms with E-state index in [-0.39, 0.29) is 128 Å². The highest BCUT2D eigenvalue weighted by molar-refractivity contribution is 6.90. The fourth-order valence-electron chi connectivity index (χ4n) is 7.99. The van der Waals surface area contributed by atoms with Crippen molar-refractivity contribution in [1.82, 2.24) is 4.48 Å². The highest BCUT2D eigenvalue weighted by Gasteiger charge is 2.48. The van der Waals surface area contributed by atoms with E-state index < -0.39 is 6.85 Å². The molecular weight excluding hydrogens is 627 g/mol. The van der Waals surface area contributed by atoms with Crippen molar-refractivity contribution in [2.45, 2.75) is 0 Å². The zero-order chi connectivity index (χ0) is 38.1. The van der Waals surface area contributed by atoms with Gasteiger partial charge in [0.1, 0.15) is 0 Å². The maximum absolute atomic E-state index is 6.95. The number of anilines is 3. The minimum Gasteiger partial charge on any atom is -0.375 e. The summed E-state index contributed by atoms with van der Waals surface area (Å²) in [5.41, 5.74) is 1.90. The molecule has 0 N–H and O–H groups in total. The lowest BCUT2D eigenvalue weighted by Gasteiger charge is -2.45. The molecule has 0 amide bonds. The molecule has 5 aromatic carbocycles. The highest BCUT2D eigenvalue weighted by atomic mass is 15.2. The SMILES string of the molecule is [CH]c1c([CH])c([CH])c(N2c3c([CH])c([CH])c([CH])c([CH])c3B3c4c(c([CH])c([CH])c([CH])c42)-c2c([CH])c([CH])c([CH])c4c5c([CH])c([CH])c([CH])c([CH])c5n3c24)c([CH])c1[CH]. The van der Waals surface area contributed by atoms with Gasteiger partial charge in [-0.3, -0.25) is 0 Å². The maximum atomic E-state index is 6.95. The Bertz CT molecular complexity index is 2680. The van der Waals surface area contributed by atoms with Gasteiger partial charge in [0.05, 0.1) is 5.69 Å². The summed E-state index contributed by atoms with van der Waals surface area (Å²) in [4.78, 5) is 1.50. The van der Waals surface area contributed by atoms with E-state index in [9.17, 15) is 0 Å². The third kappa shape index (κ3) is 3.78. The lowest BCUT2D eigenvalue weighted by atomic mass is 9.42. The molecule has 52 heavy (non-hydrogen) atoms. The Morgan fingerprint density at radius 2 is 0.615 bits per heavy atom. The van der Waals surface area contributed by atoms with Crippen LogP contribution in [-0.2, 0) is 0 Å². The summed E-state index contributed by atoms with van der Waals surface area (Å²) in [5, 5.41) is 0.672. The summed E-state index contributed by atoms with van der Waals surface area (Å²) in [6.07, 6.45) is 0. The van der Waals surface area contributed by atoms with Crippen LogP contribution in [0.15, 0.2) is 0 Å². The second-order valence-corrected chi connectivity index (χ2v) is 13.0. The van der Waals surface area contributed by atoms with Crippen molar-refractivity contribution in [3.63, 3.8) is 0 Å². The highest BCUT2D eigenvalue weighted by Crippen LogP contribution is 2.54. The van der Waals surface area contributed by atoms with E-state index >= 15 is 0 Å². The number of hydrogen-bond donors (Lipinski definition) is 0. The van der Waals surface area contributed by atoms with Crippen LogP contribution in [0.25, 0.3) is 32.9 Å². The number of rotatable bonds is 1. The van der Waals surface area contributed by atoms with Crippen LogP contribution >= 0.6 is 0 Å². The largest absolute Gasteiger partial charge is 0.375 e. The van der Waals surface area contributed by atoms with Gasteiger partial charge in [0.15, 0.2) is 0 Å². The van der Waals surface area contributed by atoms with Gasteiger partial charge in [0, 0.05) is 73.4 Å². The van der Waals surface area contributed by atoms with Gasteiger partial charge < -0.3 is 9.38 Å². The Kier molecular flexibility index (Phi) is 7.31. The van der Waals surface area contributed by atoms with E-state index in [2.05, 4.69) is 0 Å². The van der Waals surface area contributed by atoms with Crippen molar-refractivity contribution in [1.29, 1.82) is 0 Å². The lowest BCUT2D eigenvalue weighted by molar-refractivity contribution is 1.19. The van der Waals surface area contributed by atoms with Gasteiger partial charge in [0.25, 0.3) is 0 Å². The van der Waals surface area contributed by atoms with E-state index in [1.165, 1.54) is 4.90 Å². The molecule has 6 aromatic rings. The predicted molar refractivity (Wildman–Crippen MR) is 205 cm³/mol. The van der Waals surface area contributed by atoms with Crippen LogP contribution in [0.1, 0.15) is 106 Å². The number of fused-ring (bicyclic) bond motifs is 7. The van der Waals surface area contributed by atoms with Gasteiger partial charge in [-0.15, -0.1) is 0 Å². The molecule has 2 aliphatic heterocycles. The Morgan fingerprint density at radius 1 is 0.269 bits per heavy atom. The standard InChI is InChI=1S/C49H19BN2/c1-20-23(4)34(15)45(35(16)24(20)5)51-47-37(18)26(7)22(3)33(14)43(47)50-44-39(29(10)28(9)38(19)48(44)51)40-31(12)27(8)32(13)42-41-30(11)21(2)25(6)36(17)46(41)52(50)49(40)42/h1-19H. The Balaban J connectivity index is 1.76. The smallest absolute Gasteiger partial charge is 0.333 e. The molecule has 0 bridgehead atoms. The van der Waals surface area contributed by atoms with Crippen LogP contribution in [0, 0.1) is 132 Å². The molecule has 0 atom stereocenters. The molecule has 38 radical (unpaired) electrons. The van der Waals surface area contributed by atoms with Gasteiger partial charge in [-0.1, -0.05) is 0 Å². The minimum absolute atomic E-state index is 0.000554. The van der Waals surface area contributed by atoms with E-state index in [4.69, 9.17) is 132 Å². The predicted octanol–water partition coefficient (Wildman–Crippen LogP) is 7.34. The van der Waals surface area contributed by atoms with E-state index in [1.807, 2.05) is 0 Å². The second kappa shape index (κ2) is 10.9. The molecule has 0 spiro atoms. The third-order valence-electron chi connectivity index (χ3n) is 10.7. The zero-order valence-corrected chi connectivity index (χ0v) is 27.4. The van der Waals surface area contributed by atoms with Crippen molar-refractivity contribution in [2.24, 2.45) is 0 Å². The topological polar surface area (TPSA) is 8.17 Å². The van der Waals surface area contributed by atoms with Crippen molar-refractivity contribution < 1.29 is 0 Å². The average molecular weight is 647 g/mol. The Hall–Kier alpha value is -4.24. The average Bonchev–Trinajstić information content (AvgIpc) is 3.48. The van der Waals surface area contributed by atoms with Crippen LogP contribution in [0.4, 0.5) is 17.1 Å². The first-order chi connectivity index (χ1) is 24.3. The van der Waals surface area contributed by atoms with Gasteiger partial charge in [-0.05, 0) is 219 Å². The van der Waals surface area contributed by atoms with Gasteiger partial charge in [-0.25, -0.2) is 0 Å². The monoisotopic (exact) mass is 646 g/mol. The molecule has 228 valence electrons. The molecule has 2 aliphatic rings. The summed E-state index contributed by atoms with van der Waals surface area (Å²) in [7, 11) is 0. The lowest BCUT2D eigenvalue weighted by Crippen LogP contribution is -2.59. The normalized spacial score (nSPS) is 13.2. The Morgan fingerprint density at radius 3 is 1.15 bits per heavy atom. The second-order valence-electron chi connectivity index (χ2n) is 13.0. The van der Waals surface area contributed by atoms with Crippen LogP contribution in [0.5, 0.6) is 0 Å². The summed E-state index contributed by atoms with van der Waals surface area (Å²) in [6.45, 7) is 125. The summed E-state index contributed by atoms with van der Waals surface area (Å²) in [6, 6.07) is 0. The summed E-state index contributed by atoms with van der Waals surface area (Å²) >= 11 is 0. The molecule has 0 unspecified atom stereocenters. The molecular formula is C49H19BN2. The maximum Gasteiger partial charge on any atom is 0.333 e. The molecule has 1 aromatic heterocycles. The van der Waals surface area contributed by atoms with Gasteiger partial charge in [0.2, 0.25) is 0 Å². The summed E-state index contributed by atoms with van der Waals surface area (Å²) in [5.74, 6) is 0. The van der Waals surface area contributed by atoms with Crippen molar-refractivity contribution in [3.05, 3.63) is 237 Å². The molecule has 8 rings (SSSR count). The number of hydrogen-bond acceptors (Lipinski definition) is 1. The van der Waals surface area contributed by atoms with Gasteiger partial charge >= 0.3 is 6.85 Å². The molecule has 0 fully saturated rings. The van der Waals surface area contributed by atoms with E-state index in [0.29, 0.717) is 38.4 Å². The van der Waals surface area contributed by atoms with E-state index in [0.717, 1.165) is 0 Å². The van der Waals surface area contributed by atoms with Crippen LogP contribution in [0.3, 0.4) is 0 Å². The molecule has 2 nitrogen and oxygen atoms in total. The van der Waals surface area contributed by atoms with Crippen molar-refractivity contribution in [3.8, 4) is 11.1 Å². The van der Waals surface area contributed by atoms with Crippen molar-refractivity contribution >= 4 is 56.6 Å². The third-order valence-corrected chi connectivity index (χ3v) is 10.7. The summed E-state index contributed by atoms with van der Waals surface area (Å²) < 4.78 is 1.79. The number of aromatic nitrogens is 1. The van der Waals surface area contributed by atoms with E-state index in [1.54, 1.807) is 4.48 Å². The molecule has 3 heteroatoms. The molecule has 0 saturated heterocycles. The first-order valence-corrected chi connectivity index (χ1v) is 15.4. The quantitative estimate of drug-likeness (QED) is 0.170. The van der Waals surface area contributed by atoms with Crippen LogP contribution < -0.4 is 15.8 Å². The van der Waals surface area contributed by atoms with Crippen molar-refractivity contribution in [2.75, 3.05) is 4.90 Å². The molecule has 0 saturated carbocycles. The first kappa shape index (κ1) is 34.8. The number of benzene rings is 5. The Labute approximate surface area is 313 Å². The first-order valence-electron chi connectivity index (χ1n) is 15.4.